The molecule has 6 amide bonds. The first-order chi connectivity index (χ1) is 21.8. The predicted octanol–water partition coefficient (Wildman–Crippen LogP) is 1.87. The molecule has 0 unspecified atom stereocenters. The van der Waals surface area contributed by atoms with Gasteiger partial charge in [0, 0.05) is 19.4 Å². The molecule has 0 aliphatic carbocycles. The third-order valence-corrected chi connectivity index (χ3v) is 7.74. The summed E-state index contributed by atoms with van der Waals surface area (Å²) in [6.07, 6.45) is 4.46. The maximum Gasteiger partial charge on any atom is 0.245 e. The maximum absolute atomic E-state index is 13.6. The molecule has 1 aliphatic rings. The van der Waals surface area contributed by atoms with Gasteiger partial charge in [0.1, 0.15) is 30.2 Å². The SMILES string of the molecule is CCCCCCC(=O)N[C@@H]1CNC(=O)[C@@H](Cc2ccccc2)NC(=O)[C@@H](C)NC(=O)[C@@H](CC(C)C)NC(=O)[C@@H](CC(C)C)NC1=O. The highest BCUT2D eigenvalue weighted by atomic mass is 16.2. The molecule has 12 nitrogen and oxygen atoms in total. The summed E-state index contributed by atoms with van der Waals surface area (Å²) in [6, 6.07) is 3.93. The topological polar surface area (TPSA) is 175 Å². The summed E-state index contributed by atoms with van der Waals surface area (Å²) >= 11 is 0. The van der Waals surface area contributed by atoms with Crippen LogP contribution >= 0.6 is 0 Å². The van der Waals surface area contributed by atoms with Crippen LogP contribution in [0.3, 0.4) is 0 Å². The van der Waals surface area contributed by atoms with Crippen LogP contribution in [0.25, 0.3) is 0 Å². The van der Waals surface area contributed by atoms with Gasteiger partial charge in [-0.2, -0.15) is 0 Å². The standard InChI is InChI=1S/C34H54N6O6/c1-7-8-9-13-16-29(41)37-28-20-35-31(43)27(19-24-14-11-10-12-15-24)38-30(42)23(6)36-32(44)25(17-21(2)3)39-33(45)26(18-22(4)5)40-34(28)46/h10-12,14-15,21-23,25-28H,7-9,13,16-20H2,1-6H3,(H,35,43)(H,36,44)(H,37,41)(H,38,42)(H,39,45)(H,40,46)/t23-,25-,26-,27-,28-/m1/s1. The highest BCUT2D eigenvalue weighted by molar-refractivity contribution is 5.97. The van der Waals surface area contributed by atoms with E-state index in [-0.39, 0.29) is 43.6 Å². The molecular formula is C34H54N6O6. The molecule has 6 N–H and O–H groups in total. The molecule has 1 aromatic rings. The average Bonchev–Trinajstić information content (AvgIpc) is 2.99. The largest absolute Gasteiger partial charge is 0.352 e. The van der Waals surface area contributed by atoms with E-state index in [4.69, 9.17) is 0 Å². The Morgan fingerprint density at radius 3 is 1.89 bits per heavy atom. The van der Waals surface area contributed by atoms with Crippen molar-refractivity contribution in [3.63, 3.8) is 0 Å². The van der Waals surface area contributed by atoms with Crippen molar-refractivity contribution in [3.05, 3.63) is 35.9 Å². The summed E-state index contributed by atoms with van der Waals surface area (Å²) < 4.78 is 0. The van der Waals surface area contributed by atoms with Crippen LogP contribution in [0.4, 0.5) is 0 Å². The number of carbonyl (C=O) groups excluding carboxylic acids is 6. The molecule has 1 heterocycles. The van der Waals surface area contributed by atoms with Crippen molar-refractivity contribution in [1.29, 1.82) is 0 Å². The van der Waals surface area contributed by atoms with Gasteiger partial charge in [0.2, 0.25) is 35.4 Å². The minimum absolute atomic E-state index is 0.00722. The van der Waals surface area contributed by atoms with Gasteiger partial charge in [-0.05, 0) is 43.6 Å². The lowest BCUT2D eigenvalue weighted by molar-refractivity contribution is -0.136. The van der Waals surface area contributed by atoms with E-state index in [9.17, 15) is 28.8 Å². The van der Waals surface area contributed by atoms with Gasteiger partial charge in [0.15, 0.2) is 0 Å². The number of hydrogen-bond acceptors (Lipinski definition) is 6. The molecule has 0 spiro atoms. The van der Waals surface area contributed by atoms with Gasteiger partial charge in [0.05, 0.1) is 0 Å². The molecule has 1 fully saturated rings. The zero-order chi connectivity index (χ0) is 34.2. The van der Waals surface area contributed by atoms with E-state index in [1.807, 2.05) is 58.0 Å². The van der Waals surface area contributed by atoms with Gasteiger partial charge in [0.25, 0.3) is 0 Å². The Hall–Kier alpha value is -3.96. The number of benzene rings is 1. The summed E-state index contributed by atoms with van der Waals surface area (Å²) in [7, 11) is 0. The lowest BCUT2D eigenvalue weighted by atomic mass is 9.99. The van der Waals surface area contributed by atoms with Crippen molar-refractivity contribution in [3.8, 4) is 0 Å². The molecule has 0 radical (unpaired) electrons. The number of carbonyl (C=O) groups is 6. The summed E-state index contributed by atoms with van der Waals surface area (Å²) in [6.45, 7) is 10.9. The lowest BCUT2D eigenvalue weighted by Crippen LogP contribution is -2.61. The van der Waals surface area contributed by atoms with Crippen LogP contribution in [0.2, 0.25) is 0 Å². The molecular weight excluding hydrogens is 588 g/mol. The Bertz CT molecular complexity index is 1170. The van der Waals surface area contributed by atoms with Crippen LogP contribution in [0.15, 0.2) is 30.3 Å². The molecule has 0 saturated carbocycles. The molecule has 12 heteroatoms. The lowest BCUT2D eigenvalue weighted by Gasteiger charge is -2.29. The third-order valence-electron chi connectivity index (χ3n) is 7.74. The summed E-state index contributed by atoms with van der Waals surface area (Å²) in [5, 5.41) is 16.4. The molecule has 0 bridgehead atoms. The number of unbranched alkanes of at least 4 members (excludes halogenated alkanes) is 3. The fourth-order valence-electron chi connectivity index (χ4n) is 5.20. The highest BCUT2D eigenvalue weighted by Gasteiger charge is 2.33. The molecule has 1 aliphatic heterocycles. The number of nitrogens with one attached hydrogen (secondary N) is 6. The highest BCUT2D eigenvalue weighted by Crippen LogP contribution is 2.11. The van der Waals surface area contributed by atoms with Crippen LogP contribution in [0.1, 0.15) is 92.1 Å². The maximum atomic E-state index is 13.6. The fraction of sp³-hybridized carbons (Fsp3) is 0.647. The number of amides is 6. The van der Waals surface area contributed by atoms with Gasteiger partial charge < -0.3 is 31.9 Å². The average molecular weight is 643 g/mol. The Kier molecular flexibility index (Phi) is 16.2. The third kappa shape index (κ3) is 13.6. The van der Waals surface area contributed by atoms with Crippen LogP contribution < -0.4 is 31.9 Å². The van der Waals surface area contributed by atoms with Gasteiger partial charge in [-0.1, -0.05) is 84.2 Å². The molecule has 1 saturated heterocycles. The van der Waals surface area contributed by atoms with E-state index in [1.165, 1.54) is 6.92 Å². The van der Waals surface area contributed by atoms with Gasteiger partial charge >= 0.3 is 0 Å². The monoisotopic (exact) mass is 642 g/mol. The summed E-state index contributed by atoms with van der Waals surface area (Å²) in [4.78, 5) is 80.2. The molecule has 1 aromatic carbocycles. The second kappa shape index (κ2) is 19.5. The fourth-order valence-corrected chi connectivity index (χ4v) is 5.20. The summed E-state index contributed by atoms with van der Waals surface area (Å²) in [5.74, 6) is -3.20. The zero-order valence-electron chi connectivity index (χ0n) is 28.2. The van der Waals surface area contributed by atoms with Crippen LogP contribution in [0, 0.1) is 11.8 Å². The zero-order valence-corrected chi connectivity index (χ0v) is 28.2. The number of rotatable bonds is 12. The van der Waals surface area contributed by atoms with Crippen molar-refractivity contribution in [2.45, 2.75) is 123 Å². The normalized spacial score (nSPS) is 23.7. The molecule has 256 valence electrons. The first kappa shape index (κ1) is 38.2. The van der Waals surface area contributed by atoms with E-state index in [1.54, 1.807) is 0 Å². The van der Waals surface area contributed by atoms with Gasteiger partial charge in [-0.15, -0.1) is 0 Å². The van der Waals surface area contributed by atoms with Crippen LogP contribution in [-0.4, -0.2) is 72.2 Å². The van der Waals surface area contributed by atoms with Crippen LogP contribution in [0.5, 0.6) is 0 Å². The van der Waals surface area contributed by atoms with Gasteiger partial charge in [-0.25, -0.2) is 0 Å². The molecule has 2 rings (SSSR count). The van der Waals surface area contributed by atoms with Crippen LogP contribution in [-0.2, 0) is 35.2 Å². The molecule has 5 atom stereocenters. The van der Waals surface area contributed by atoms with E-state index < -0.39 is 59.7 Å². The summed E-state index contributed by atoms with van der Waals surface area (Å²) in [5.41, 5.74) is 0.792. The van der Waals surface area contributed by atoms with Crippen molar-refractivity contribution in [2.24, 2.45) is 11.8 Å². The molecule has 46 heavy (non-hydrogen) atoms. The van der Waals surface area contributed by atoms with Crippen molar-refractivity contribution in [2.75, 3.05) is 6.54 Å². The Balaban J connectivity index is 2.45. The Morgan fingerprint density at radius 2 is 1.30 bits per heavy atom. The van der Waals surface area contributed by atoms with E-state index in [0.29, 0.717) is 12.8 Å². The van der Waals surface area contributed by atoms with Gasteiger partial charge in [-0.3, -0.25) is 28.8 Å². The van der Waals surface area contributed by atoms with Crippen molar-refractivity contribution >= 4 is 35.4 Å². The second-order valence-electron chi connectivity index (χ2n) is 13.0. The first-order valence-electron chi connectivity index (χ1n) is 16.6. The first-order valence-corrected chi connectivity index (χ1v) is 16.6. The number of hydrogen-bond donors (Lipinski definition) is 6. The predicted molar refractivity (Wildman–Crippen MR) is 176 cm³/mol. The Labute approximate surface area is 273 Å². The van der Waals surface area contributed by atoms with E-state index in [2.05, 4.69) is 38.8 Å². The van der Waals surface area contributed by atoms with Crippen molar-refractivity contribution in [1.82, 2.24) is 31.9 Å². The Morgan fingerprint density at radius 1 is 0.739 bits per heavy atom. The minimum atomic E-state index is -1.18. The quantitative estimate of drug-likeness (QED) is 0.190. The molecule has 0 aromatic heterocycles. The minimum Gasteiger partial charge on any atom is -0.352 e. The van der Waals surface area contributed by atoms with E-state index in [0.717, 1.165) is 24.8 Å². The van der Waals surface area contributed by atoms with Crippen molar-refractivity contribution < 1.29 is 28.8 Å². The van der Waals surface area contributed by atoms with E-state index >= 15 is 0 Å². The second-order valence-corrected chi connectivity index (χ2v) is 13.0. The smallest absolute Gasteiger partial charge is 0.245 e.